The number of nitrogens with one attached hydrogen (secondary N) is 1. The number of carboxylic acids is 1. The van der Waals surface area contributed by atoms with E-state index in [4.69, 9.17) is 11.6 Å². The van der Waals surface area contributed by atoms with Crippen LogP contribution in [-0.2, 0) is 4.79 Å². The number of fused-ring (bicyclic) bond motifs is 1. The molecule has 2 unspecified atom stereocenters. The fraction of sp³-hybridized carbons (Fsp3) is 0.679. The zero-order valence-corrected chi connectivity index (χ0v) is 21.3. The molecule has 1 heterocycles. The van der Waals surface area contributed by atoms with Crippen LogP contribution in [0, 0.1) is 46.5 Å². The minimum Gasteiger partial charge on any atom is -0.481 e. The first-order valence-electron chi connectivity index (χ1n) is 13.2. The Labute approximate surface area is 212 Å². The average molecular weight is 495 g/mol. The molecule has 4 bridgehead atoms. The minimum atomic E-state index is -0.607. The second-order valence-corrected chi connectivity index (χ2v) is 13.0. The number of nitriles is 1. The van der Waals surface area contributed by atoms with Gasteiger partial charge in [-0.3, -0.25) is 9.69 Å². The second kappa shape index (κ2) is 8.21. The summed E-state index contributed by atoms with van der Waals surface area (Å²) in [6.07, 6.45) is 7.81. The predicted molar refractivity (Wildman–Crippen MR) is 135 cm³/mol. The van der Waals surface area contributed by atoms with Gasteiger partial charge in [-0.25, -0.2) is 0 Å². The molecule has 1 saturated heterocycles. The number of carbonyl (C=O) groups is 1. The van der Waals surface area contributed by atoms with Gasteiger partial charge in [-0.2, -0.15) is 10.3 Å². The zero-order valence-electron chi connectivity index (χ0n) is 20.6. The first-order chi connectivity index (χ1) is 16.7. The highest BCUT2D eigenvalue weighted by Gasteiger charge is 2.59. The molecular weight excluding hydrogens is 460 g/mol. The number of hydrogen-bond donors (Lipinski definition) is 2. The smallest absolute Gasteiger partial charge is 0.309 e. The first kappa shape index (κ1) is 23.3. The highest BCUT2D eigenvalue weighted by Crippen LogP contribution is 2.60. The van der Waals surface area contributed by atoms with E-state index in [1.165, 1.54) is 12.0 Å². The normalized spacial score (nSPS) is 40.2. The van der Waals surface area contributed by atoms with Gasteiger partial charge in [0.1, 0.15) is 5.84 Å². The molecule has 2 N–H and O–H groups in total. The largest absolute Gasteiger partial charge is 0.481 e. The van der Waals surface area contributed by atoms with Gasteiger partial charge in [-0.15, -0.1) is 0 Å². The highest BCUT2D eigenvalue weighted by molar-refractivity contribution is 6.30. The van der Waals surface area contributed by atoms with E-state index in [-0.39, 0.29) is 11.6 Å². The van der Waals surface area contributed by atoms with Crippen LogP contribution in [0.2, 0.25) is 5.02 Å². The predicted octanol–water partition coefficient (Wildman–Crippen LogP) is 4.90. The van der Waals surface area contributed by atoms with Crippen molar-refractivity contribution in [3.63, 3.8) is 0 Å². The van der Waals surface area contributed by atoms with Gasteiger partial charge in [0.15, 0.2) is 0 Å². The number of aliphatic imine (C=N–C) groups is 1. The molecule has 5 atom stereocenters. The summed E-state index contributed by atoms with van der Waals surface area (Å²) in [5.41, 5.74) is 0.471. The lowest BCUT2D eigenvalue weighted by Gasteiger charge is -2.59. The van der Waals surface area contributed by atoms with Gasteiger partial charge < -0.3 is 10.4 Å². The van der Waals surface area contributed by atoms with Crippen LogP contribution in [0.1, 0.15) is 63.9 Å². The number of likely N-dealkylation sites (tertiary alicyclic amines) is 1. The maximum Gasteiger partial charge on any atom is 0.309 e. The van der Waals surface area contributed by atoms with Crippen LogP contribution in [0.4, 0.5) is 0 Å². The Morgan fingerprint density at radius 3 is 2.46 bits per heavy atom. The first-order valence-corrected chi connectivity index (χ1v) is 13.6. The molecule has 186 valence electrons. The SMILES string of the molecule is CC(C)(/C(=N\C#N)NC1C2CC3CC1CC(C(=O)O)(C3)C2)N1C[C@@H]2C[C@@H](c3ccc(Cl)cc3)[C@@H]2C1. The number of nitrogens with zero attached hydrogens (tertiary/aromatic N) is 3. The number of halogens is 1. The van der Waals surface area contributed by atoms with E-state index in [2.05, 4.69) is 47.4 Å². The average Bonchev–Trinajstić information content (AvgIpc) is 3.13. The number of aliphatic carboxylic acids is 1. The van der Waals surface area contributed by atoms with Gasteiger partial charge in [0, 0.05) is 24.2 Å². The number of carboxylic acid groups (broad SMARTS) is 1. The van der Waals surface area contributed by atoms with E-state index in [1.807, 2.05) is 12.1 Å². The maximum absolute atomic E-state index is 12.1. The Morgan fingerprint density at radius 1 is 1.14 bits per heavy atom. The lowest BCUT2D eigenvalue weighted by Crippen LogP contribution is -2.64. The summed E-state index contributed by atoms with van der Waals surface area (Å²) >= 11 is 6.10. The van der Waals surface area contributed by atoms with Crippen LogP contribution in [0.3, 0.4) is 0 Å². The van der Waals surface area contributed by atoms with Gasteiger partial charge in [-0.05, 0) is 106 Å². The van der Waals surface area contributed by atoms with Gasteiger partial charge in [0.05, 0.1) is 11.0 Å². The molecule has 6 fully saturated rings. The highest BCUT2D eigenvalue weighted by atomic mass is 35.5. The Balaban J connectivity index is 1.18. The molecule has 35 heavy (non-hydrogen) atoms. The fourth-order valence-corrected chi connectivity index (χ4v) is 8.81. The molecule has 5 aliphatic carbocycles. The van der Waals surface area contributed by atoms with Crippen LogP contribution in [0.15, 0.2) is 29.3 Å². The summed E-state index contributed by atoms with van der Waals surface area (Å²) in [4.78, 5) is 19.0. The molecule has 0 aromatic heterocycles. The summed E-state index contributed by atoms with van der Waals surface area (Å²) in [7, 11) is 0. The maximum atomic E-state index is 12.1. The molecule has 0 amide bonds. The summed E-state index contributed by atoms with van der Waals surface area (Å²) < 4.78 is 0. The van der Waals surface area contributed by atoms with E-state index >= 15 is 0 Å². The monoisotopic (exact) mass is 494 g/mol. The van der Waals surface area contributed by atoms with Crippen molar-refractivity contribution in [2.75, 3.05) is 13.1 Å². The van der Waals surface area contributed by atoms with Crippen molar-refractivity contribution >= 4 is 23.4 Å². The molecule has 5 saturated carbocycles. The summed E-state index contributed by atoms with van der Waals surface area (Å²) in [6.45, 7) is 6.40. The van der Waals surface area contributed by atoms with Gasteiger partial charge in [0.2, 0.25) is 6.19 Å². The molecule has 7 heteroatoms. The molecule has 0 spiro atoms. The topological polar surface area (TPSA) is 88.7 Å². The van der Waals surface area contributed by atoms with Crippen molar-refractivity contribution in [3.8, 4) is 6.19 Å². The summed E-state index contributed by atoms with van der Waals surface area (Å²) in [5, 5.41) is 24.1. The van der Waals surface area contributed by atoms with Crippen LogP contribution >= 0.6 is 11.6 Å². The molecular formula is C28H35ClN4O2. The lowest BCUT2D eigenvalue weighted by molar-refractivity contribution is -0.166. The van der Waals surface area contributed by atoms with Crippen LogP contribution in [0.5, 0.6) is 0 Å². The van der Waals surface area contributed by atoms with E-state index < -0.39 is 11.4 Å². The molecule has 1 aromatic carbocycles. The van der Waals surface area contributed by atoms with E-state index in [0.29, 0.717) is 35.5 Å². The Bertz CT molecular complexity index is 1080. The third kappa shape index (κ3) is 3.69. The molecule has 0 radical (unpaired) electrons. The van der Waals surface area contributed by atoms with Crippen LogP contribution in [0.25, 0.3) is 0 Å². The molecule has 1 aromatic rings. The van der Waals surface area contributed by atoms with Gasteiger partial charge in [0.25, 0.3) is 0 Å². The van der Waals surface area contributed by atoms with Crippen molar-refractivity contribution in [1.29, 1.82) is 5.26 Å². The standard InChI is InChI=1S/C28H35ClN4O2/c1-27(2,33-13-20-9-22(23(20)14-33)17-3-5-21(29)6-4-17)25(31-15-30)32-24-18-7-16-8-19(24)12-28(10-16,11-18)26(34)35/h3-6,16,18-20,22-24H,7-14H2,1-2H3,(H,31,32)(H,34,35)/t16?,18?,19?,20-,22-,23+,24?,28?/m0/s1. The van der Waals surface area contributed by atoms with Crippen LogP contribution < -0.4 is 5.32 Å². The number of rotatable bonds is 5. The van der Waals surface area contributed by atoms with E-state index in [0.717, 1.165) is 56.1 Å². The Morgan fingerprint density at radius 2 is 1.83 bits per heavy atom. The third-order valence-electron chi connectivity index (χ3n) is 10.4. The zero-order chi connectivity index (χ0) is 24.5. The fourth-order valence-electron chi connectivity index (χ4n) is 8.68. The molecule has 6 nitrogen and oxygen atoms in total. The Kier molecular flexibility index (Phi) is 5.47. The van der Waals surface area contributed by atoms with Crippen LogP contribution in [-0.4, -0.2) is 46.5 Å². The molecule has 1 aliphatic heterocycles. The van der Waals surface area contributed by atoms with Gasteiger partial charge >= 0.3 is 5.97 Å². The van der Waals surface area contributed by atoms with Crippen molar-refractivity contribution in [2.24, 2.45) is 40.0 Å². The van der Waals surface area contributed by atoms with Crippen molar-refractivity contribution in [3.05, 3.63) is 34.9 Å². The van der Waals surface area contributed by atoms with Crippen molar-refractivity contribution < 1.29 is 9.90 Å². The number of benzene rings is 1. The van der Waals surface area contributed by atoms with E-state index in [1.54, 1.807) is 0 Å². The lowest BCUT2D eigenvalue weighted by atomic mass is 9.48. The second-order valence-electron chi connectivity index (χ2n) is 12.6. The third-order valence-corrected chi connectivity index (χ3v) is 10.7. The van der Waals surface area contributed by atoms with Crippen molar-refractivity contribution in [2.45, 2.75) is 69.9 Å². The molecule has 7 rings (SSSR count). The summed E-state index contributed by atoms with van der Waals surface area (Å²) in [6, 6.07) is 8.52. The number of amidine groups is 1. The number of hydrogen-bond acceptors (Lipinski definition) is 4. The van der Waals surface area contributed by atoms with E-state index in [9.17, 15) is 15.2 Å². The summed E-state index contributed by atoms with van der Waals surface area (Å²) in [5.74, 6) is 3.24. The quantitative estimate of drug-likeness (QED) is 0.345. The minimum absolute atomic E-state index is 0.214. The molecule has 6 aliphatic rings. The Hall–Kier alpha value is -2.10. The van der Waals surface area contributed by atoms with Gasteiger partial charge in [-0.1, -0.05) is 23.7 Å². The van der Waals surface area contributed by atoms with Crippen molar-refractivity contribution in [1.82, 2.24) is 10.2 Å².